The van der Waals surface area contributed by atoms with Crippen molar-refractivity contribution >= 4 is 14.8 Å². The molecule has 136 valence electrons. The Hall–Kier alpha value is -0.693. The van der Waals surface area contributed by atoms with Gasteiger partial charge in [-0.1, -0.05) is 25.3 Å². The van der Waals surface area contributed by atoms with Gasteiger partial charge in [-0.3, -0.25) is 0 Å². The molecule has 0 unspecified atom stereocenters. The van der Waals surface area contributed by atoms with Crippen LogP contribution in [-0.4, -0.2) is 41.2 Å². The first-order chi connectivity index (χ1) is 11.1. The molecule has 0 atom stereocenters. The van der Waals surface area contributed by atoms with Gasteiger partial charge in [0.15, 0.2) is 0 Å². The van der Waals surface area contributed by atoms with Crippen molar-refractivity contribution in [1.29, 1.82) is 0 Å². The molecule has 0 aromatic rings. The van der Waals surface area contributed by atoms with Gasteiger partial charge in [-0.25, -0.2) is 4.79 Å². The molecule has 0 aliphatic heterocycles. The fourth-order valence-corrected chi connectivity index (χ4v) is 5.02. The summed E-state index contributed by atoms with van der Waals surface area (Å²) in [5, 5.41) is 0. The van der Waals surface area contributed by atoms with E-state index >= 15 is 0 Å². The Balaban J connectivity index is 3.82. The Morgan fingerprint density at radius 3 is 1.91 bits per heavy atom. The first-order valence-corrected chi connectivity index (χ1v) is 10.8. The fourth-order valence-electron chi connectivity index (χ4n) is 2.33. The van der Waals surface area contributed by atoms with Gasteiger partial charge in [0, 0.05) is 31.9 Å². The van der Waals surface area contributed by atoms with Crippen molar-refractivity contribution in [3.8, 4) is 0 Å². The van der Waals surface area contributed by atoms with Crippen LogP contribution >= 0.6 is 0 Å². The number of carbonyl (C=O) groups excluding carboxylic acids is 1. The molecule has 0 radical (unpaired) electrons. The van der Waals surface area contributed by atoms with Crippen molar-refractivity contribution in [1.82, 2.24) is 0 Å². The average Bonchev–Trinajstić information content (AvgIpc) is 2.51. The third-order valence-electron chi connectivity index (χ3n) is 3.27. The van der Waals surface area contributed by atoms with Crippen molar-refractivity contribution in [2.75, 3.05) is 26.4 Å². The molecule has 0 aliphatic carbocycles. The summed E-state index contributed by atoms with van der Waals surface area (Å²) in [4.78, 5) is 11.1. The first kappa shape index (κ1) is 22.3. The summed E-state index contributed by atoms with van der Waals surface area (Å²) in [6.07, 6.45) is 8.39. The second-order valence-corrected chi connectivity index (χ2v) is 7.90. The molecule has 0 aliphatic rings. The number of hydrogen-bond acceptors (Lipinski definition) is 5. The average molecular weight is 347 g/mol. The highest BCUT2D eigenvalue weighted by atomic mass is 28.4. The van der Waals surface area contributed by atoms with E-state index in [1.54, 1.807) is 13.0 Å². The highest BCUT2D eigenvalue weighted by Gasteiger charge is 2.39. The summed E-state index contributed by atoms with van der Waals surface area (Å²) in [5.74, 6) is -0.256. The molecule has 23 heavy (non-hydrogen) atoms. The molecular formula is C17H34O5Si. The minimum atomic E-state index is -2.47. The highest BCUT2D eigenvalue weighted by molar-refractivity contribution is 6.60. The number of hydrogen-bond donors (Lipinski definition) is 0. The van der Waals surface area contributed by atoms with Crippen LogP contribution in [0.3, 0.4) is 0 Å². The minimum absolute atomic E-state index is 0.256. The van der Waals surface area contributed by atoms with Gasteiger partial charge in [-0.05, 0) is 40.5 Å². The molecule has 0 bridgehead atoms. The molecule has 6 heteroatoms. The van der Waals surface area contributed by atoms with Crippen molar-refractivity contribution < 1.29 is 22.8 Å². The van der Waals surface area contributed by atoms with Crippen LogP contribution in [0.2, 0.25) is 6.04 Å². The Kier molecular flexibility index (Phi) is 14.4. The molecule has 0 heterocycles. The van der Waals surface area contributed by atoms with Crippen molar-refractivity contribution in [2.45, 2.75) is 65.8 Å². The molecule has 0 saturated heterocycles. The van der Waals surface area contributed by atoms with Gasteiger partial charge in [0.2, 0.25) is 0 Å². The summed E-state index contributed by atoms with van der Waals surface area (Å²) in [6.45, 7) is 10.1. The van der Waals surface area contributed by atoms with E-state index in [-0.39, 0.29) is 5.97 Å². The molecule has 0 aromatic carbocycles. The number of allylic oxidation sites excluding steroid dienone is 1. The van der Waals surface area contributed by atoms with Gasteiger partial charge in [-0.15, -0.1) is 0 Å². The number of esters is 1. The second kappa shape index (κ2) is 14.9. The van der Waals surface area contributed by atoms with Crippen LogP contribution in [0.4, 0.5) is 0 Å². The minimum Gasteiger partial charge on any atom is -0.463 e. The van der Waals surface area contributed by atoms with Crippen LogP contribution in [0.25, 0.3) is 0 Å². The second-order valence-electron chi connectivity index (χ2n) is 5.17. The maximum absolute atomic E-state index is 11.1. The van der Waals surface area contributed by atoms with E-state index in [1.807, 2.05) is 20.8 Å². The van der Waals surface area contributed by atoms with Gasteiger partial charge in [0.05, 0.1) is 6.61 Å². The van der Waals surface area contributed by atoms with E-state index in [2.05, 4.69) is 0 Å². The molecule has 0 saturated carbocycles. The van der Waals surface area contributed by atoms with E-state index in [1.165, 1.54) is 6.08 Å². The maximum Gasteiger partial charge on any atom is 0.500 e. The van der Waals surface area contributed by atoms with Crippen LogP contribution in [0.1, 0.15) is 59.8 Å². The summed E-state index contributed by atoms with van der Waals surface area (Å²) in [7, 11) is -2.47. The summed E-state index contributed by atoms with van der Waals surface area (Å²) >= 11 is 0. The molecule has 0 aromatic heterocycles. The first-order valence-electron chi connectivity index (χ1n) is 8.85. The smallest absolute Gasteiger partial charge is 0.463 e. The van der Waals surface area contributed by atoms with E-state index < -0.39 is 8.80 Å². The third kappa shape index (κ3) is 11.5. The van der Waals surface area contributed by atoms with Crippen molar-refractivity contribution in [3.63, 3.8) is 0 Å². The largest absolute Gasteiger partial charge is 0.500 e. The maximum atomic E-state index is 11.1. The lowest BCUT2D eigenvalue weighted by molar-refractivity contribution is -0.137. The molecule has 0 N–H and O–H groups in total. The normalized spacial score (nSPS) is 12.0. The molecule has 5 nitrogen and oxygen atoms in total. The lowest BCUT2D eigenvalue weighted by Gasteiger charge is -2.28. The van der Waals surface area contributed by atoms with Gasteiger partial charge in [-0.2, -0.15) is 0 Å². The number of rotatable bonds is 15. The van der Waals surface area contributed by atoms with Gasteiger partial charge in [0.1, 0.15) is 0 Å². The number of carbonyl (C=O) groups is 1. The van der Waals surface area contributed by atoms with E-state index in [0.29, 0.717) is 26.4 Å². The van der Waals surface area contributed by atoms with Crippen LogP contribution in [0.15, 0.2) is 12.2 Å². The standard InChI is InChI=1S/C17H34O5Si/c1-5-14-17(18)19-15-12-10-9-11-13-16-23(20-6-2,21-7-3)22-8-4/h5,14H,6-13,15-16H2,1-4H3. The van der Waals surface area contributed by atoms with Crippen molar-refractivity contribution in [2.24, 2.45) is 0 Å². The van der Waals surface area contributed by atoms with E-state index in [0.717, 1.165) is 38.1 Å². The topological polar surface area (TPSA) is 54.0 Å². The molecule has 0 fully saturated rings. The number of unbranched alkanes of at least 4 members (excludes halogenated alkanes) is 4. The van der Waals surface area contributed by atoms with Gasteiger partial charge >= 0.3 is 14.8 Å². The van der Waals surface area contributed by atoms with Crippen LogP contribution in [0, 0.1) is 0 Å². The van der Waals surface area contributed by atoms with Gasteiger partial charge < -0.3 is 18.0 Å². The zero-order valence-electron chi connectivity index (χ0n) is 15.3. The Bertz CT molecular complexity index is 303. The van der Waals surface area contributed by atoms with Crippen molar-refractivity contribution in [3.05, 3.63) is 12.2 Å². The summed E-state index contributed by atoms with van der Waals surface area (Å²) < 4.78 is 22.6. The lowest BCUT2D eigenvalue weighted by Crippen LogP contribution is -2.45. The van der Waals surface area contributed by atoms with Crippen LogP contribution < -0.4 is 0 Å². The zero-order chi connectivity index (χ0) is 17.4. The zero-order valence-corrected chi connectivity index (χ0v) is 16.3. The van der Waals surface area contributed by atoms with E-state index in [9.17, 15) is 4.79 Å². The quantitative estimate of drug-likeness (QED) is 0.193. The van der Waals surface area contributed by atoms with Crippen LogP contribution in [-0.2, 0) is 22.8 Å². The summed E-state index contributed by atoms with van der Waals surface area (Å²) in [6, 6.07) is 0.874. The highest BCUT2D eigenvalue weighted by Crippen LogP contribution is 2.20. The fraction of sp³-hybridized carbons (Fsp3) is 0.824. The molecule has 0 amide bonds. The summed E-state index contributed by atoms with van der Waals surface area (Å²) in [5.41, 5.74) is 0. The van der Waals surface area contributed by atoms with E-state index in [4.69, 9.17) is 18.0 Å². The van der Waals surface area contributed by atoms with Gasteiger partial charge in [0.25, 0.3) is 0 Å². The number of ether oxygens (including phenoxy) is 1. The van der Waals surface area contributed by atoms with Crippen LogP contribution in [0.5, 0.6) is 0 Å². The monoisotopic (exact) mass is 346 g/mol. The molecule has 0 spiro atoms. The molecular weight excluding hydrogens is 312 g/mol. The predicted octanol–water partition coefficient (Wildman–Crippen LogP) is 4.10. The SMILES string of the molecule is CC=CC(=O)OCCCCCCC[Si](OCC)(OCC)OCC. The Morgan fingerprint density at radius 1 is 0.870 bits per heavy atom. The molecule has 0 rings (SSSR count). The third-order valence-corrected chi connectivity index (χ3v) is 6.42. The Morgan fingerprint density at radius 2 is 1.39 bits per heavy atom. The lowest BCUT2D eigenvalue weighted by atomic mass is 10.2. The Labute approximate surface area is 142 Å². The predicted molar refractivity (Wildman–Crippen MR) is 94.3 cm³/mol.